The maximum Gasteiger partial charge on any atom is 0.328 e. The summed E-state index contributed by atoms with van der Waals surface area (Å²) in [5.41, 5.74) is -0.320. The standard InChI is InChI=1S/C16H20N4O4/c1-11-2-5-16(6-3-11)23-10-13(24-16)9-19-15-14(20(21)22)12(8-17)4-7-18-15/h4,7,11,13H,2-3,5-6,9-10H2,1H3,(H,18,19)/t11?,13-,16?/m1/s1. The Morgan fingerprint density at radius 2 is 2.29 bits per heavy atom. The summed E-state index contributed by atoms with van der Waals surface area (Å²) in [6.07, 6.45) is 5.11. The lowest BCUT2D eigenvalue weighted by Gasteiger charge is -2.34. The van der Waals surface area contributed by atoms with Crippen molar-refractivity contribution in [3.8, 4) is 6.07 Å². The summed E-state index contributed by atoms with van der Waals surface area (Å²) in [6, 6.07) is 3.15. The maximum absolute atomic E-state index is 11.2. The number of nitriles is 1. The molecule has 0 unspecified atom stereocenters. The highest BCUT2D eigenvalue weighted by Gasteiger charge is 2.43. The van der Waals surface area contributed by atoms with Gasteiger partial charge in [-0.3, -0.25) is 10.1 Å². The summed E-state index contributed by atoms with van der Waals surface area (Å²) in [4.78, 5) is 14.6. The number of aromatic nitrogens is 1. The molecular weight excluding hydrogens is 312 g/mol. The van der Waals surface area contributed by atoms with Crippen molar-refractivity contribution in [2.45, 2.75) is 44.5 Å². The van der Waals surface area contributed by atoms with Gasteiger partial charge in [-0.25, -0.2) is 4.98 Å². The van der Waals surface area contributed by atoms with E-state index in [1.54, 1.807) is 0 Å². The van der Waals surface area contributed by atoms with Gasteiger partial charge in [0, 0.05) is 25.6 Å². The molecule has 128 valence electrons. The molecule has 1 N–H and O–H groups in total. The number of hydrogen-bond donors (Lipinski definition) is 1. The highest BCUT2D eigenvalue weighted by Crippen LogP contribution is 2.40. The molecule has 1 spiro atoms. The quantitative estimate of drug-likeness (QED) is 0.666. The lowest BCUT2D eigenvalue weighted by Crippen LogP contribution is -2.36. The zero-order valence-corrected chi connectivity index (χ0v) is 13.5. The second-order valence-electron chi connectivity index (χ2n) is 6.45. The summed E-state index contributed by atoms with van der Waals surface area (Å²) in [7, 11) is 0. The number of nitrogens with zero attached hydrogens (tertiary/aromatic N) is 3. The SMILES string of the molecule is CC1CCC2(CC1)OC[C@@H](CNc1nccc(C#N)c1[N+](=O)[O-])O2. The normalized spacial score (nSPS) is 29.3. The number of rotatable bonds is 4. The molecule has 0 radical (unpaired) electrons. The molecular formula is C16H20N4O4. The Balaban J connectivity index is 1.63. The third-order valence-corrected chi connectivity index (χ3v) is 4.67. The first kappa shape index (κ1) is 16.6. The summed E-state index contributed by atoms with van der Waals surface area (Å²) in [5, 5.41) is 23.1. The van der Waals surface area contributed by atoms with Gasteiger partial charge >= 0.3 is 5.69 Å². The van der Waals surface area contributed by atoms with Crippen LogP contribution >= 0.6 is 0 Å². The van der Waals surface area contributed by atoms with Crippen molar-refractivity contribution in [2.75, 3.05) is 18.5 Å². The lowest BCUT2D eigenvalue weighted by molar-refractivity contribution is -0.384. The van der Waals surface area contributed by atoms with Gasteiger partial charge in [-0.1, -0.05) is 6.92 Å². The molecule has 1 aromatic rings. The van der Waals surface area contributed by atoms with Crippen molar-refractivity contribution in [1.82, 2.24) is 4.98 Å². The zero-order valence-electron chi connectivity index (χ0n) is 13.5. The molecule has 0 amide bonds. The minimum absolute atomic E-state index is 0.0150. The van der Waals surface area contributed by atoms with Crippen molar-refractivity contribution in [2.24, 2.45) is 5.92 Å². The van der Waals surface area contributed by atoms with Gasteiger partial charge in [0.15, 0.2) is 5.79 Å². The molecule has 8 nitrogen and oxygen atoms in total. The van der Waals surface area contributed by atoms with E-state index in [4.69, 9.17) is 14.7 Å². The Morgan fingerprint density at radius 3 is 2.96 bits per heavy atom. The monoisotopic (exact) mass is 332 g/mol. The van der Waals surface area contributed by atoms with E-state index >= 15 is 0 Å². The third-order valence-electron chi connectivity index (χ3n) is 4.67. The van der Waals surface area contributed by atoms with Crippen LogP contribution < -0.4 is 5.32 Å². The van der Waals surface area contributed by atoms with Crippen LogP contribution in [0.25, 0.3) is 0 Å². The lowest BCUT2D eigenvalue weighted by atomic mass is 9.86. The number of nitrogens with one attached hydrogen (secondary N) is 1. The smallest absolute Gasteiger partial charge is 0.328 e. The van der Waals surface area contributed by atoms with Crippen molar-refractivity contribution < 1.29 is 14.4 Å². The van der Waals surface area contributed by atoms with Gasteiger partial charge in [-0.2, -0.15) is 5.26 Å². The van der Waals surface area contributed by atoms with Crippen molar-refractivity contribution in [1.29, 1.82) is 5.26 Å². The highest BCUT2D eigenvalue weighted by atomic mass is 16.7. The molecule has 1 saturated heterocycles. The van der Waals surface area contributed by atoms with Gasteiger partial charge in [-0.05, 0) is 24.8 Å². The Bertz CT molecular complexity index is 665. The molecule has 3 rings (SSSR count). The molecule has 1 aromatic heterocycles. The van der Waals surface area contributed by atoms with Crippen molar-refractivity contribution >= 4 is 11.5 Å². The fraction of sp³-hybridized carbons (Fsp3) is 0.625. The van der Waals surface area contributed by atoms with E-state index in [1.807, 2.05) is 6.07 Å². The molecule has 1 atom stereocenters. The fourth-order valence-electron chi connectivity index (χ4n) is 3.25. The van der Waals surface area contributed by atoms with Crippen LogP contribution in [-0.4, -0.2) is 35.0 Å². The van der Waals surface area contributed by atoms with Crippen LogP contribution in [0.5, 0.6) is 0 Å². The van der Waals surface area contributed by atoms with Crippen LogP contribution in [-0.2, 0) is 9.47 Å². The van der Waals surface area contributed by atoms with Gasteiger partial charge in [0.2, 0.25) is 5.82 Å². The second kappa shape index (κ2) is 6.71. The molecule has 2 aliphatic rings. The van der Waals surface area contributed by atoms with E-state index in [0.717, 1.165) is 25.7 Å². The summed E-state index contributed by atoms with van der Waals surface area (Å²) >= 11 is 0. The van der Waals surface area contributed by atoms with Gasteiger partial charge in [0.05, 0.1) is 11.5 Å². The van der Waals surface area contributed by atoms with Crippen LogP contribution in [0.4, 0.5) is 11.5 Å². The number of hydrogen-bond acceptors (Lipinski definition) is 7. The van der Waals surface area contributed by atoms with Crippen LogP contribution in [0.2, 0.25) is 0 Å². The van der Waals surface area contributed by atoms with Crippen molar-refractivity contribution in [3.63, 3.8) is 0 Å². The minimum Gasteiger partial charge on any atom is -0.362 e. The molecule has 0 aromatic carbocycles. The minimum atomic E-state index is -0.593. The predicted octanol–water partition coefficient (Wildman–Crippen LogP) is 2.60. The van der Waals surface area contributed by atoms with Gasteiger partial charge < -0.3 is 14.8 Å². The van der Waals surface area contributed by atoms with Crippen LogP contribution in [0.3, 0.4) is 0 Å². The second-order valence-corrected chi connectivity index (χ2v) is 6.45. The van der Waals surface area contributed by atoms with Crippen LogP contribution in [0.15, 0.2) is 12.3 Å². The first-order chi connectivity index (χ1) is 11.5. The predicted molar refractivity (Wildman–Crippen MR) is 85.3 cm³/mol. The number of nitro groups is 1. The Morgan fingerprint density at radius 1 is 1.54 bits per heavy atom. The molecule has 24 heavy (non-hydrogen) atoms. The number of anilines is 1. The Labute approximate surface area is 139 Å². The Hall–Kier alpha value is -2.24. The van der Waals surface area contributed by atoms with Crippen LogP contribution in [0.1, 0.15) is 38.2 Å². The topological polar surface area (TPSA) is 110 Å². The average molecular weight is 332 g/mol. The molecule has 2 fully saturated rings. The largest absolute Gasteiger partial charge is 0.362 e. The molecule has 0 bridgehead atoms. The van der Waals surface area contributed by atoms with E-state index in [-0.39, 0.29) is 23.2 Å². The first-order valence-corrected chi connectivity index (χ1v) is 8.12. The summed E-state index contributed by atoms with van der Waals surface area (Å²) in [5.74, 6) is 0.286. The molecule has 2 heterocycles. The van der Waals surface area contributed by atoms with Gasteiger partial charge in [-0.15, -0.1) is 0 Å². The van der Waals surface area contributed by atoms with Crippen molar-refractivity contribution in [3.05, 3.63) is 27.9 Å². The zero-order chi connectivity index (χ0) is 17.2. The third kappa shape index (κ3) is 3.32. The molecule has 1 aliphatic carbocycles. The maximum atomic E-state index is 11.2. The van der Waals surface area contributed by atoms with Gasteiger partial charge in [0.1, 0.15) is 17.7 Å². The first-order valence-electron chi connectivity index (χ1n) is 8.12. The van der Waals surface area contributed by atoms with E-state index in [9.17, 15) is 10.1 Å². The average Bonchev–Trinajstić information content (AvgIpc) is 2.98. The van der Waals surface area contributed by atoms with E-state index < -0.39 is 10.7 Å². The molecule has 1 saturated carbocycles. The number of pyridine rings is 1. The fourth-order valence-corrected chi connectivity index (χ4v) is 3.25. The molecule has 8 heteroatoms. The number of ether oxygens (including phenoxy) is 2. The summed E-state index contributed by atoms with van der Waals surface area (Å²) in [6.45, 7) is 3.03. The summed E-state index contributed by atoms with van der Waals surface area (Å²) < 4.78 is 12.0. The van der Waals surface area contributed by atoms with E-state index in [2.05, 4.69) is 17.2 Å². The van der Waals surface area contributed by atoms with E-state index in [0.29, 0.717) is 19.1 Å². The van der Waals surface area contributed by atoms with E-state index in [1.165, 1.54) is 12.3 Å². The Kier molecular flexibility index (Phi) is 4.64. The molecule has 1 aliphatic heterocycles. The highest BCUT2D eigenvalue weighted by molar-refractivity contribution is 5.64. The van der Waals surface area contributed by atoms with Gasteiger partial charge in [0.25, 0.3) is 0 Å². The van der Waals surface area contributed by atoms with Crippen LogP contribution in [0, 0.1) is 27.4 Å².